The zero-order valence-electron chi connectivity index (χ0n) is 20.7. The van der Waals surface area contributed by atoms with E-state index in [9.17, 15) is 9.59 Å². The van der Waals surface area contributed by atoms with Gasteiger partial charge in [0, 0.05) is 23.3 Å². The van der Waals surface area contributed by atoms with Gasteiger partial charge in [0.05, 0.1) is 17.4 Å². The van der Waals surface area contributed by atoms with Crippen molar-refractivity contribution in [2.75, 3.05) is 10.2 Å². The Balaban J connectivity index is 1.55. The minimum Gasteiger partial charge on any atom is -0.357 e. The summed E-state index contributed by atoms with van der Waals surface area (Å²) < 4.78 is 0. The molecule has 0 fully saturated rings. The van der Waals surface area contributed by atoms with Crippen LogP contribution in [0.1, 0.15) is 51.8 Å². The van der Waals surface area contributed by atoms with Crippen LogP contribution >= 0.6 is 0 Å². The van der Waals surface area contributed by atoms with E-state index in [1.54, 1.807) is 4.90 Å². The summed E-state index contributed by atoms with van der Waals surface area (Å²) in [5.41, 5.74) is 7.03. The normalized spacial score (nSPS) is 18.9. The molecule has 0 saturated heterocycles. The molecule has 4 aromatic rings. The van der Waals surface area contributed by atoms with Gasteiger partial charge in [0.1, 0.15) is 0 Å². The van der Waals surface area contributed by atoms with Crippen LogP contribution in [0.5, 0.6) is 0 Å². The Labute approximate surface area is 217 Å². The number of rotatable bonds is 3. The van der Waals surface area contributed by atoms with Crippen LogP contribution in [0.15, 0.2) is 120 Å². The number of aryl methyl sites for hydroxylation is 1. The van der Waals surface area contributed by atoms with Crippen LogP contribution < -0.4 is 10.2 Å². The highest BCUT2D eigenvalue weighted by Crippen LogP contribution is 2.47. The molecule has 4 nitrogen and oxygen atoms in total. The van der Waals surface area contributed by atoms with Crippen LogP contribution in [0.25, 0.3) is 0 Å². The van der Waals surface area contributed by atoms with Crippen molar-refractivity contribution in [3.8, 4) is 0 Å². The number of hydrogen-bond acceptors (Lipinski definition) is 3. The molecular weight excluding hydrogens is 456 g/mol. The molecule has 2 atom stereocenters. The number of Topliss-reactive ketones (excluding diaryl/α,β-unsaturated/α-hetero) is 1. The van der Waals surface area contributed by atoms with E-state index in [4.69, 9.17) is 0 Å². The van der Waals surface area contributed by atoms with Crippen molar-refractivity contribution in [2.45, 2.75) is 31.7 Å². The van der Waals surface area contributed by atoms with Gasteiger partial charge in [0.2, 0.25) is 0 Å². The Morgan fingerprint density at radius 1 is 0.757 bits per heavy atom. The molecule has 0 spiro atoms. The largest absolute Gasteiger partial charge is 0.357 e. The van der Waals surface area contributed by atoms with Gasteiger partial charge in [-0.05, 0) is 54.7 Å². The number of para-hydroxylation sites is 2. The minimum absolute atomic E-state index is 0.0758. The van der Waals surface area contributed by atoms with Gasteiger partial charge in [0.15, 0.2) is 5.78 Å². The lowest BCUT2D eigenvalue weighted by Crippen LogP contribution is -2.38. The Morgan fingerprint density at radius 2 is 1.41 bits per heavy atom. The van der Waals surface area contributed by atoms with Gasteiger partial charge in [-0.1, -0.05) is 90.5 Å². The molecule has 4 heteroatoms. The Bertz CT molecular complexity index is 1490. The zero-order valence-corrected chi connectivity index (χ0v) is 20.7. The van der Waals surface area contributed by atoms with Gasteiger partial charge in [-0.3, -0.25) is 14.5 Å². The molecule has 1 amide bonds. The molecule has 2 aliphatic rings. The maximum absolute atomic E-state index is 14.2. The smallest absolute Gasteiger partial charge is 0.259 e. The van der Waals surface area contributed by atoms with Crippen LogP contribution in [0, 0.1) is 6.92 Å². The van der Waals surface area contributed by atoms with Crippen LogP contribution in [-0.4, -0.2) is 11.7 Å². The number of carbonyl (C=O) groups excluding carboxylic acids is 2. The SMILES string of the molecule is Cc1ccc(C2CC(=O)C3=C(C2)Nc2ccccc2N(C(=O)c2ccccc2)C3c2ccccc2)cc1. The highest BCUT2D eigenvalue weighted by molar-refractivity contribution is 6.12. The van der Waals surface area contributed by atoms with Crippen LogP contribution in [-0.2, 0) is 4.79 Å². The number of hydrogen-bond donors (Lipinski definition) is 1. The standard InChI is InChI=1S/C33H28N2O2/c1-22-16-18-23(19-17-22)26-20-28-31(30(36)21-26)32(24-10-4-2-5-11-24)35(29-15-9-8-14-27(29)34-28)33(37)25-12-6-3-7-13-25/h2-19,26,32,34H,20-21H2,1H3. The molecule has 0 saturated carbocycles. The molecule has 4 aromatic carbocycles. The van der Waals surface area contributed by atoms with Crippen molar-refractivity contribution in [1.29, 1.82) is 0 Å². The average Bonchev–Trinajstić information content (AvgIpc) is 3.08. The fourth-order valence-corrected chi connectivity index (χ4v) is 5.56. The van der Waals surface area contributed by atoms with Gasteiger partial charge in [-0.25, -0.2) is 0 Å². The lowest BCUT2D eigenvalue weighted by molar-refractivity contribution is -0.116. The third kappa shape index (κ3) is 4.25. The van der Waals surface area contributed by atoms with E-state index in [0.717, 1.165) is 22.6 Å². The quantitative estimate of drug-likeness (QED) is 0.334. The van der Waals surface area contributed by atoms with Crippen LogP contribution in [0.3, 0.4) is 0 Å². The minimum atomic E-state index is -0.536. The highest BCUT2D eigenvalue weighted by atomic mass is 16.2. The molecule has 2 unspecified atom stereocenters. The topological polar surface area (TPSA) is 49.4 Å². The molecular formula is C33H28N2O2. The number of ketones is 1. The molecule has 1 heterocycles. The van der Waals surface area contributed by atoms with Gasteiger partial charge in [-0.2, -0.15) is 0 Å². The lowest BCUT2D eigenvalue weighted by atomic mass is 9.78. The van der Waals surface area contributed by atoms with Gasteiger partial charge in [0.25, 0.3) is 5.91 Å². The summed E-state index contributed by atoms with van der Waals surface area (Å²) in [7, 11) is 0. The first-order valence-corrected chi connectivity index (χ1v) is 12.7. The summed E-state index contributed by atoms with van der Waals surface area (Å²) >= 11 is 0. The second kappa shape index (κ2) is 9.55. The van der Waals surface area contributed by atoms with E-state index >= 15 is 0 Å². The van der Waals surface area contributed by atoms with E-state index in [-0.39, 0.29) is 17.6 Å². The summed E-state index contributed by atoms with van der Waals surface area (Å²) in [6.45, 7) is 2.07. The van der Waals surface area contributed by atoms with Gasteiger partial charge < -0.3 is 5.32 Å². The maximum atomic E-state index is 14.2. The Hall–Kier alpha value is -4.44. The number of nitrogens with one attached hydrogen (secondary N) is 1. The van der Waals surface area contributed by atoms with Crippen molar-refractivity contribution < 1.29 is 9.59 Å². The Kier molecular flexibility index (Phi) is 5.93. The molecule has 182 valence electrons. The number of nitrogens with zero attached hydrogens (tertiary/aromatic N) is 1. The first-order chi connectivity index (χ1) is 18.1. The number of fused-ring (bicyclic) bond motifs is 1. The number of benzene rings is 4. The number of anilines is 2. The van der Waals surface area contributed by atoms with Crippen molar-refractivity contribution in [3.63, 3.8) is 0 Å². The Morgan fingerprint density at radius 3 is 2.14 bits per heavy atom. The molecule has 6 rings (SSSR count). The molecule has 0 radical (unpaired) electrons. The molecule has 0 bridgehead atoms. The van der Waals surface area contributed by atoms with E-state index in [0.29, 0.717) is 24.0 Å². The van der Waals surface area contributed by atoms with Crippen LogP contribution in [0.4, 0.5) is 11.4 Å². The number of allylic oxidation sites excluding steroid dienone is 1. The monoisotopic (exact) mass is 484 g/mol. The van der Waals surface area contributed by atoms with E-state index < -0.39 is 6.04 Å². The van der Waals surface area contributed by atoms with Crippen molar-refractivity contribution in [1.82, 2.24) is 0 Å². The molecule has 1 aliphatic heterocycles. The second-order valence-corrected chi connectivity index (χ2v) is 9.83. The average molecular weight is 485 g/mol. The lowest BCUT2D eigenvalue weighted by Gasteiger charge is -2.35. The maximum Gasteiger partial charge on any atom is 0.259 e. The van der Waals surface area contributed by atoms with E-state index in [1.165, 1.54) is 11.1 Å². The molecule has 37 heavy (non-hydrogen) atoms. The molecule has 1 N–H and O–H groups in total. The summed E-state index contributed by atoms with van der Waals surface area (Å²) in [6, 6.07) is 35.0. The predicted octanol–water partition coefficient (Wildman–Crippen LogP) is 7.21. The number of carbonyl (C=O) groups is 2. The summed E-state index contributed by atoms with van der Waals surface area (Å²) in [6.07, 6.45) is 1.12. The first-order valence-electron chi connectivity index (χ1n) is 12.7. The van der Waals surface area contributed by atoms with Crippen molar-refractivity contribution in [2.24, 2.45) is 0 Å². The highest BCUT2D eigenvalue weighted by Gasteiger charge is 2.41. The van der Waals surface area contributed by atoms with E-state index in [2.05, 4.69) is 36.5 Å². The summed E-state index contributed by atoms with van der Waals surface area (Å²) in [5.74, 6) is 0.0251. The van der Waals surface area contributed by atoms with E-state index in [1.807, 2.05) is 84.9 Å². The van der Waals surface area contributed by atoms with Crippen molar-refractivity contribution in [3.05, 3.63) is 143 Å². The molecule has 0 aromatic heterocycles. The third-order valence-electron chi connectivity index (χ3n) is 7.39. The predicted molar refractivity (Wildman–Crippen MR) is 148 cm³/mol. The van der Waals surface area contributed by atoms with Crippen LogP contribution in [0.2, 0.25) is 0 Å². The third-order valence-corrected chi connectivity index (χ3v) is 7.39. The first kappa shape index (κ1) is 23.0. The van der Waals surface area contributed by atoms with Gasteiger partial charge in [-0.15, -0.1) is 0 Å². The zero-order chi connectivity index (χ0) is 25.4. The fraction of sp³-hybridized carbons (Fsp3) is 0.152. The van der Waals surface area contributed by atoms with Crippen molar-refractivity contribution >= 4 is 23.1 Å². The summed E-state index contributed by atoms with van der Waals surface area (Å²) in [5, 5.41) is 3.60. The van der Waals surface area contributed by atoms with Gasteiger partial charge >= 0.3 is 0 Å². The number of amides is 1. The summed E-state index contributed by atoms with van der Waals surface area (Å²) in [4.78, 5) is 30.0. The second-order valence-electron chi connectivity index (χ2n) is 9.83. The molecule has 1 aliphatic carbocycles. The fourth-order valence-electron chi connectivity index (χ4n) is 5.56.